The van der Waals surface area contributed by atoms with E-state index < -0.39 is 9.84 Å². The van der Waals surface area contributed by atoms with Crippen molar-refractivity contribution >= 4 is 33.0 Å². The highest BCUT2D eigenvalue weighted by Crippen LogP contribution is 2.29. The van der Waals surface area contributed by atoms with Crippen molar-refractivity contribution in [1.29, 1.82) is 0 Å². The van der Waals surface area contributed by atoms with Crippen LogP contribution in [0, 0.1) is 0 Å². The first kappa shape index (κ1) is 28.0. The minimum Gasteiger partial charge on any atom is -0.513 e. The molecule has 0 radical (unpaired) electrons. The second kappa shape index (κ2) is 12.2. The smallest absolute Gasteiger partial charge is 0.255 e. The number of sulfone groups is 1. The molecule has 8 heteroatoms. The summed E-state index contributed by atoms with van der Waals surface area (Å²) in [5.41, 5.74) is 3.88. The molecule has 0 bridgehead atoms. The van der Waals surface area contributed by atoms with E-state index in [1.807, 2.05) is 24.3 Å². The Balaban J connectivity index is 1.71. The number of rotatable bonds is 10. The average molecular weight is 562 g/mol. The number of hydrogen-bond acceptors (Lipinski definition) is 5. The molecule has 0 fully saturated rings. The molecule has 0 aliphatic carbocycles. The summed E-state index contributed by atoms with van der Waals surface area (Å²) < 4.78 is 32.2. The van der Waals surface area contributed by atoms with Gasteiger partial charge < -0.3 is 15.2 Å². The Morgan fingerprint density at radius 3 is 2.31 bits per heavy atom. The Kier molecular flexibility index (Phi) is 8.74. The molecule has 0 atom stereocenters. The number of anilines is 1. The molecule has 0 aliphatic rings. The van der Waals surface area contributed by atoms with Crippen molar-refractivity contribution in [3.63, 3.8) is 0 Å². The van der Waals surface area contributed by atoms with E-state index in [2.05, 4.69) is 11.9 Å². The van der Waals surface area contributed by atoms with Gasteiger partial charge in [0.2, 0.25) is 0 Å². The van der Waals surface area contributed by atoms with E-state index >= 15 is 0 Å². The number of allylic oxidation sites excluding steroid dienone is 1. The molecule has 0 spiro atoms. The molecular weight excluding hydrogens is 534 g/mol. The number of amides is 1. The Bertz CT molecular complexity index is 1600. The van der Waals surface area contributed by atoms with Crippen molar-refractivity contribution < 1.29 is 23.1 Å². The lowest BCUT2D eigenvalue weighted by Crippen LogP contribution is -2.13. The van der Waals surface area contributed by atoms with E-state index in [0.29, 0.717) is 40.4 Å². The maximum Gasteiger partial charge on any atom is 0.255 e. The topological polar surface area (TPSA) is 92.7 Å². The number of carbonyl (C=O) groups excluding carboxylic acids is 1. The largest absolute Gasteiger partial charge is 0.513 e. The highest BCUT2D eigenvalue weighted by molar-refractivity contribution is 7.90. The van der Waals surface area contributed by atoms with Crippen LogP contribution in [0.15, 0.2) is 108 Å². The lowest BCUT2D eigenvalue weighted by atomic mass is 9.97. The van der Waals surface area contributed by atoms with Gasteiger partial charge in [-0.1, -0.05) is 54.6 Å². The molecular formula is C31H28ClNO5S. The zero-order valence-corrected chi connectivity index (χ0v) is 22.9. The van der Waals surface area contributed by atoms with Crippen LogP contribution >= 0.6 is 11.6 Å². The fourth-order valence-corrected chi connectivity index (χ4v) is 5.79. The Labute approximate surface area is 233 Å². The first-order chi connectivity index (χ1) is 18.6. The van der Waals surface area contributed by atoms with Crippen LogP contribution in [-0.4, -0.2) is 26.5 Å². The van der Waals surface area contributed by atoms with Crippen molar-refractivity contribution in [3.05, 3.63) is 136 Å². The molecule has 4 aromatic rings. The monoisotopic (exact) mass is 561 g/mol. The molecule has 200 valence electrons. The molecule has 0 unspecified atom stereocenters. The van der Waals surface area contributed by atoms with Gasteiger partial charge in [0.15, 0.2) is 9.84 Å². The first-order valence-electron chi connectivity index (χ1n) is 12.1. The number of halogens is 1. The molecule has 0 heterocycles. The zero-order chi connectivity index (χ0) is 28.0. The molecule has 6 nitrogen and oxygen atoms in total. The third-order valence-corrected chi connectivity index (χ3v) is 8.09. The molecule has 0 aliphatic heterocycles. The van der Waals surface area contributed by atoms with E-state index in [4.69, 9.17) is 16.3 Å². The number of aliphatic hydroxyl groups is 1. The second-order valence-corrected chi connectivity index (χ2v) is 11.5. The third-order valence-electron chi connectivity index (χ3n) is 6.15. The van der Waals surface area contributed by atoms with Gasteiger partial charge in [0.25, 0.3) is 5.91 Å². The predicted octanol–water partition coefficient (Wildman–Crippen LogP) is 6.78. The van der Waals surface area contributed by atoms with Crippen LogP contribution in [0.2, 0.25) is 5.02 Å². The SMILES string of the molecule is C=C(O)Cc1ccc(OC)c(Cc2ccc(NC(=O)c3ccc(Cl)cc3)cc2CS(=O)(=O)c2ccccc2)c1. The summed E-state index contributed by atoms with van der Waals surface area (Å²) >= 11 is 5.94. The van der Waals surface area contributed by atoms with E-state index in [1.54, 1.807) is 73.8 Å². The lowest BCUT2D eigenvalue weighted by molar-refractivity contribution is 0.102. The molecule has 39 heavy (non-hydrogen) atoms. The summed E-state index contributed by atoms with van der Waals surface area (Å²) in [6.45, 7) is 3.57. The molecule has 1 amide bonds. The minimum atomic E-state index is -3.67. The quantitative estimate of drug-likeness (QED) is 0.208. The van der Waals surface area contributed by atoms with Gasteiger partial charge in [-0.15, -0.1) is 0 Å². The van der Waals surface area contributed by atoms with Crippen LogP contribution in [0.1, 0.15) is 32.6 Å². The molecule has 4 aromatic carbocycles. The van der Waals surface area contributed by atoms with Gasteiger partial charge in [0.05, 0.1) is 23.5 Å². The van der Waals surface area contributed by atoms with Gasteiger partial charge in [-0.05, 0) is 76.9 Å². The summed E-state index contributed by atoms with van der Waals surface area (Å²) in [4.78, 5) is 13.0. The Morgan fingerprint density at radius 2 is 1.64 bits per heavy atom. The van der Waals surface area contributed by atoms with Crippen LogP contribution in [0.25, 0.3) is 0 Å². The van der Waals surface area contributed by atoms with Crippen molar-refractivity contribution in [1.82, 2.24) is 0 Å². The van der Waals surface area contributed by atoms with Crippen LogP contribution in [0.3, 0.4) is 0 Å². The van der Waals surface area contributed by atoms with Gasteiger partial charge in [0, 0.05) is 29.1 Å². The summed E-state index contributed by atoms with van der Waals surface area (Å²) in [5, 5.41) is 13.0. The van der Waals surface area contributed by atoms with Crippen molar-refractivity contribution in [3.8, 4) is 5.75 Å². The zero-order valence-electron chi connectivity index (χ0n) is 21.4. The number of hydrogen-bond donors (Lipinski definition) is 2. The number of aliphatic hydroxyl groups excluding tert-OH is 1. The van der Waals surface area contributed by atoms with Crippen LogP contribution < -0.4 is 10.1 Å². The fourth-order valence-electron chi connectivity index (χ4n) is 4.25. The number of carbonyl (C=O) groups is 1. The van der Waals surface area contributed by atoms with Gasteiger partial charge in [0.1, 0.15) is 5.75 Å². The highest BCUT2D eigenvalue weighted by atomic mass is 35.5. The number of benzene rings is 4. The average Bonchev–Trinajstić information content (AvgIpc) is 2.90. The number of methoxy groups -OCH3 is 1. The van der Waals surface area contributed by atoms with Gasteiger partial charge in [-0.2, -0.15) is 0 Å². The minimum absolute atomic E-state index is 0.0431. The van der Waals surface area contributed by atoms with Crippen molar-refractivity contribution in [2.24, 2.45) is 0 Å². The van der Waals surface area contributed by atoms with E-state index in [-0.39, 0.29) is 22.3 Å². The summed E-state index contributed by atoms with van der Waals surface area (Å²) in [7, 11) is -2.10. The normalized spacial score (nSPS) is 11.1. The summed E-state index contributed by atoms with van der Waals surface area (Å²) in [6, 6.07) is 25.6. The molecule has 0 aromatic heterocycles. The Hall–Kier alpha value is -4.07. The standard InChI is InChI=1S/C31H28ClNO5S/c1-21(34)16-22-8-15-30(38-2)25(17-22)18-24-11-14-28(33-31(35)23-9-12-27(32)13-10-23)19-26(24)20-39(36,37)29-6-4-3-5-7-29/h3-15,17,19,34H,1,16,18,20H2,2H3,(H,33,35). The van der Waals surface area contributed by atoms with Gasteiger partial charge in [-0.3, -0.25) is 4.79 Å². The maximum atomic E-state index is 13.3. The predicted molar refractivity (Wildman–Crippen MR) is 154 cm³/mol. The first-order valence-corrected chi connectivity index (χ1v) is 14.2. The number of nitrogens with one attached hydrogen (secondary N) is 1. The molecule has 2 N–H and O–H groups in total. The third kappa shape index (κ3) is 7.28. The second-order valence-electron chi connectivity index (χ2n) is 9.08. The van der Waals surface area contributed by atoms with Crippen molar-refractivity contribution in [2.75, 3.05) is 12.4 Å². The fraction of sp³-hybridized carbons (Fsp3) is 0.129. The maximum absolute atomic E-state index is 13.3. The van der Waals surface area contributed by atoms with Crippen LogP contribution in [-0.2, 0) is 28.4 Å². The van der Waals surface area contributed by atoms with E-state index in [1.165, 1.54) is 0 Å². The summed E-state index contributed by atoms with van der Waals surface area (Å²) in [6.07, 6.45) is 0.669. The summed E-state index contributed by atoms with van der Waals surface area (Å²) in [5.74, 6) is 0.0858. The highest BCUT2D eigenvalue weighted by Gasteiger charge is 2.19. The van der Waals surface area contributed by atoms with Crippen molar-refractivity contribution in [2.45, 2.75) is 23.5 Å². The molecule has 0 saturated heterocycles. The Morgan fingerprint density at radius 1 is 0.923 bits per heavy atom. The van der Waals surface area contributed by atoms with E-state index in [0.717, 1.165) is 16.7 Å². The van der Waals surface area contributed by atoms with Crippen LogP contribution in [0.5, 0.6) is 5.75 Å². The van der Waals surface area contributed by atoms with Gasteiger partial charge >= 0.3 is 0 Å². The van der Waals surface area contributed by atoms with Gasteiger partial charge in [-0.25, -0.2) is 8.42 Å². The molecule has 4 rings (SSSR count). The molecule has 0 saturated carbocycles. The lowest BCUT2D eigenvalue weighted by Gasteiger charge is -2.16. The van der Waals surface area contributed by atoms with Crippen LogP contribution in [0.4, 0.5) is 5.69 Å². The van der Waals surface area contributed by atoms with E-state index in [9.17, 15) is 18.3 Å². The number of ether oxygens (including phenoxy) is 1.